The summed E-state index contributed by atoms with van der Waals surface area (Å²) in [6, 6.07) is 8.54. The molecule has 5 nitrogen and oxygen atoms in total. The number of nitrogens with one attached hydrogen (secondary N) is 1. The summed E-state index contributed by atoms with van der Waals surface area (Å²) in [6.45, 7) is 2.13. The Hall–Kier alpha value is -2.56. The minimum atomic E-state index is -0.417. The highest BCUT2D eigenvalue weighted by atomic mass is 16.5. The molecular formula is C22H25NO4. The van der Waals surface area contributed by atoms with E-state index in [1.54, 1.807) is 21.3 Å². The molecule has 1 N–H and O–H groups in total. The van der Waals surface area contributed by atoms with Gasteiger partial charge in [0.2, 0.25) is 5.75 Å². The quantitative estimate of drug-likeness (QED) is 0.865. The first-order valence-electron chi connectivity index (χ1n) is 9.52. The molecule has 2 aromatic carbocycles. The molecule has 0 aromatic heterocycles. The zero-order chi connectivity index (χ0) is 18.8. The van der Waals surface area contributed by atoms with Gasteiger partial charge in [-0.15, -0.1) is 0 Å². The van der Waals surface area contributed by atoms with Crippen molar-refractivity contribution in [2.75, 3.05) is 26.6 Å². The molecule has 5 heteroatoms. The molecule has 2 aromatic rings. The van der Waals surface area contributed by atoms with Gasteiger partial charge in [-0.3, -0.25) is 0 Å². The maximum atomic E-state index is 6.80. The lowest BCUT2D eigenvalue weighted by Gasteiger charge is -2.43. The van der Waals surface area contributed by atoms with Crippen molar-refractivity contribution in [3.63, 3.8) is 0 Å². The zero-order valence-corrected chi connectivity index (χ0v) is 16.3. The van der Waals surface area contributed by atoms with Gasteiger partial charge in [0.25, 0.3) is 0 Å². The smallest absolute Gasteiger partial charge is 0.203 e. The van der Waals surface area contributed by atoms with Crippen LogP contribution in [0.3, 0.4) is 0 Å². The number of aryl methyl sites for hydroxylation is 1. The van der Waals surface area contributed by atoms with E-state index in [0.717, 1.165) is 42.7 Å². The van der Waals surface area contributed by atoms with E-state index in [9.17, 15) is 0 Å². The standard InChI is InChI=1S/C22H25NO4/c1-13-7-8-15-14(11-13)22-10-6-5-9-21(22,23-15)18-16(27-22)12-17(24-2)19(25-3)20(18)26-4/h7-8,11-12,23H,5-6,9-10H2,1-4H3/t21-,22-/m1/s1. The highest BCUT2D eigenvalue weighted by molar-refractivity contribution is 5.75. The topological polar surface area (TPSA) is 49.0 Å². The zero-order valence-electron chi connectivity index (χ0n) is 16.3. The van der Waals surface area contributed by atoms with E-state index < -0.39 is 5.60 Å². The van der Waals surface area contributed by atoms with Crippen LogP contribution in [0.15, 0.2) is 24.3 Å². The summed E-state index contributed by atoms with van der Waals surface area (Å²) in [6.07, 6.45) is 4.24. The Morgan fingerprint density at radius 1 is 0.963 bits per heavy atom. The molecule has 5 rings (SSSR count). The Balaban J connectivity index is 1.82. The fraction of sp³-hybridized carbons (Fsp3) is 0.455. The first-order chi connectivity index (χ1) is 13.1. The molecule has 2 atom stereocenters. The first-order valence-corrected chi connectivity index (χ1v) is 9.52. The van der Waals surface area contributed by atoms with Crippen molar-refractivity contribution >= 4 is 5.69 Å². The number of benzene rings is 2. The Labute approximate surface area is 159 Å². The number of fused-ring (bicyclic) bond motifs is 2. The number of methoxy groups -OCH3 is 3. The molecule has 1 fully saturated rings. The van der Waals surface area contributed by atoms with Crippen LogP contribution in [0.5, 0.6) is 23.0 Å². The van der Waals surface area contributed by atoms with Gasteiger partial charge in [-0.1, -0.05) is 18.1 Å². The molecular weight excluding hydrogens is 342 g/mol. The lowest BCUT2D eigenvalue weighted by atomic mass is 9.66. The van der Waals surface area contributed by atoms with Gasteiger partial charge >= 0.3 is 0 Å². The molecule has 0 bridgehead atoms. The fourth-order valence-corrected chi connectivity index (χ4v) is 5.43. The van der Waals surface area contributed by atoms with Crippen LogP contribution in [0, 0.1) is 6.92 Å². The molecule has 27 heavy (non-hydrogen) atoms. The van der Waals surface area contributed by atoms with E-state index in [1.807, 2.05) is 6.07 Å². The van der Waals surface area contributed by atoms with E-state index in [4.69, 9.17) is 18.9 Å². The van der Waals surface area contributed by atoms with Crippen molar-refractivity contribution in [3.05, 3.63) is 41.0 Å². The number of rotatable bonds is 3. The first kappa shape index (κ1) is 16.6. The maximum absolute atomic E-state index is 6.80. The predicted octanol–water partition coefficient (Wildman–Crippen LogP) is 4.50. The van der Waals surface area contributed by atoms with Crippen LogP contribution in [0.1, 0.15) is 42.4 Å². The molecule has 2 heterocycles. The lowest BCUT2D eigenvalue weighted by Crippen LogP contribution is -2.51. The number of anilines is 1. The molecule has 2 aliphatic heterocycles. The van der Waals surface area contributed by atoms with Crippen molar-refractivity contribution in [1.82, 2.24) is 0 Å². The summed E-state index contributed by atoms with van der Waals surface area (Å²) in [7, 11) is 4.97. The third-order valence-electron chi connectivity index (χ3n) is 6.48. The monoisotopic (exact) mass is 367 g/mol. The summed E-state index contributed by atoms with van der Waals surface area (Å²) in [5, 5.41) is 3.85. The number of ether oxygens (including phenoxy) is 4. The molecule has 3 aliphatic rings. The van der Waals surface area contributed by atoms with Crippen molar-refractivity contribution < 1.29 is 18.9 Å². The summed E-state index contributed by atoms with van der Waals surface area (Å²) in [5.74, 6) is 2.77. The van der Waals surface area contributed by atoms with Crippen LogP contribution in [0.2, 0.25) is 0 Å². The molecule has 0 unspecified atom stereocenters. The van der Waals surface area contributed by atoms with E-state index >= 15 is 0 Å². The predicted molar refractivity (Wildman–Crippen MR) is 103 cm³/mol. The van der Waals surface area contributed by atoms with Crippen LogP contribution >= 0.6 is 0 Å². The molecule has 142 valence electrons. The van der Waals surface area contributed by atoms with E-state index in [0.29, 0.717) is 17.2 Å². The van der Waals surface area contributed by atoms with E-state index in [-0.39, 0.29) is 5.54 Å². The Morgan fingerprint density at radius 2 is 1.74 bits per heavy atom. The van der Waals surface area contributed by atoms with Gasteiger partial charge in [0.05, 0.1) is 26.9 Å². The average molecular weight is 367 g/mol. The molecule has 0 amide bonds. The van der Waals surface area contributed by atoms with Crippen LogP contribution < -0.4 is 24.3 Å². The molecule has 1 saturated carbocycles. The van der Waals surface area contributed by atoms with Gasteiger partial charge in [-0.25, -0.2) is 0 Å². The number of hydrogen-bond acceptors (Lipinski definition) is 5. The number of hydrogen-bond donors (Lipinski definition) is 1. The van der Waals surface area contributed by atoms with Crippen LogP contribution in [0.4, 0.5) is 5.69 Å². The van der Waals surface area contributed by atoms with Gasteiger partial charge in [0.1, 0.15) is 11.3 Å². The van der Waals surface area contributed by atoms with E-state index in [1.165, 1.54) is 11.1 Å². The summed E-state index contributed by atoms with van der Waals surface area (Å²) in [5.41, 5.74) is 3.94. The van der Waals surface area contributed by atoms with Crippen molar-refractivity contribution in [2.24, 2.45) is 0 Å². The third kappa shape index (κ3) is 1.84. The van der Waals surface area contributed by atoms with Gasteiger partial charge in [-0.05, 0) is 38.3 Å². The van der Waals surface area contributed by atoms with Gasteiger partial charge in [-0.2, -0.15) is 0 Å². The second kappa shape index (κ2) is 5.47. The minimum absolute atomic E-state index is 0.346. The molecule has 1 aliphatic carbocycles. The lowest BCUT2D eigenvalue weighted by molar-refractivity contribution is -0.000548. The second-order valence-electron chi connectivity index (χ2n) is 7.73. The molecule has 0 spiro atoms. The molecule has 0 radical (unpaired) electrons. The summed E-state index contributed by atoms with van der Waals surface area (Å²) in [4.78, 5) is 0. The third-order valence-corrected chi connectivity index (χ3v) is 6.48. The molecule has 0 saturated heterocycles. The SMILES string of the molecule is COc1cc2c(c(OC)c1OC)[C@]13CCCC[C@@]1(O2)c1cc(C)ccc1N3. The Morgan fingerprint density at radius 3 is 2.48 bits per heavy atom. The Kier molecular flexibility index (Phi) is 3.37. The largest absolute Gasteiger partial charge is 0.493 e. The van der Waals surface area contributed by atoms with Gasteiger partial charge in [0, 0.05) is 17.3 Å². The minimum Gasteiger partial charge on any atom is -0.493 e. The summed E-state index contributed by atoms with van der Waals surface area (Å²) >= 11 is 0. The van der Waals surface area contributed by atoms with Crippen molar-refractivity contribution in [3.8, 4) is 23.0 Å². The van der Waals surface area contributed by atoms with Crippen LogP contribution in [0.25, 0.3) is 0 Å². The fourth-order valence-electron chi connectivity index (χ4n) is 5.43. The van der Waals surface area contributed by atoms with Gasteiger partial charge in [0.15, 0.2) is 17.1 Å². The van der Waals surface area contributed by atoms with Crippen molar-refractivity contribution in [2.45, 2.75) is 43.7 Å². The summed E-state index contributed by atoms with van der Waals surface area (Å²) < 4.78 is 23.9. The second-order valence-corrected chi connectivity index (χ2v) is 7.73. The van der Waals surface area contributed by atoms with E-state index in [2.05, 4.69) is 30.4 Å². The van der Waals surface area contributed by atoms with Crippen LogP contribution in [-0.2, 0) is 11.1 Å². The maximum Gasteiger partial charge on any atom is 0.203 e. The normalized spacial score (nSPS) is 26.8. The highest BCUT2D eigenvalue weighted by Crippen LogP contribution is 2.69. The Bertz CT molecular complexity index is 940. The van der Waals surface area contributed by atoms with Crippen LogP contribution in [-0.4, -0.2) is 21.3 Å². The van der Waals surface area contributed by atoms with Gasteiger partial charge < -0.3 is 24.3 Å². The van der Waals surface area contributed by atoms with Crippen molar-refractivity contribution in [1.29, 1.82) is 0 Å². The highest BCUT2D eigenvalue weighted by Gasteiger charge is 2.68. The average Bonchev–Trinajstić information content (AvgIpc) is 3.13.